The summed E-state index contributed by atoms with van der Waals surface area (Å²) in [6.07, 6.45) is 0. The highest BCUT2D eigenvalue weighted by Crippen LogP contribution is 2.16. The van der Waals surface area contributed by atoms with Crippen LogP contribution in [0.15, 0.2) is 24.3 Å². The Bertz CT molecular complexity index is 504. The first kappa shape index (κ1) is 15.9. The van der Waals surface area contributed by atoms with E-state index in [1.165, 1.54) is 5.56 Å². The van der Waals surface area contributed by atoms with Gasteiger partial charge in [0, 0.05) is 24.6 Å². The Balaban J connectivity index is 1.83. The van der Waals surface area contributed by atoms with Crippen molar-refractivity contribution >= 4 is 23.6 Å². The minimum Gasteiger partial charge on any atom is -0.480 e. The second-order valence-corrected chi connectivity index (χ2v) is 6.31. The van der Waals surface area contributed by atoms with Gasteiger partial charge in [0.2, 0.25) is 5.91 Å². The fraction of sp³-hybridized carbons (Fsp3) is 0.467. The molecule has 1 heterocycles. The molecule has 1 aromatic rings. The number of carbonyl (C=O) groups is 2. The Kier molecular flexibility index (Phi) is 5.64. The second-order valence-electron chi connectivity index (χ2n) is 5.16. The molecule has 5 nitrogen and oxygen atoms in total. The Labute approximate surface area is 128 Å². The summed E-state index contributed by atoms with van der Waals surface area (Å²) in [5, 5.41) is 12.0. The summed E-state index contributed by atoms with van der Waals surface area (Å²) in [4.78, 5) is 24.9. The zero-order chi connectivity index (χ0) is 15.2. The molecule has 0 saturated carbocycles. The van der Waals surface area contributed by atoms with E-state index in [2.05, 4.69) is 5.32 Å². The number of benzene rings is 1. The van der Waals surface area contributed by atoms with Gasteiger partial charge in [0.15, 0.2) is 0 Å². The van der Waals surface area contributed by atoms with Crippen LogP contribution >= 0.6 is 11.8 Å². The molecule has 1 aromatic carbocycles. The summed E-state index contributed by atoms with van der Waals surface area (Å²) in [5.74, 6) is 0.428. The van der Waals surface area contributed by atoms with Crippen LogP contribution in [0.2, 0.25) is 0 Å². The first-order valence-corrected chi connectivity index (χ1v) is 8.08. The number of hydrogen-bond donors (Lipinski definition) is 2. The van der Waals surface area contributed by atoms with E-state index in [9.17, 15) is 9.59 Å². The Morgan fingerprint density at radius 3 is 2.76 bits per heavy atom. The van der Waals surface area contributed by atoms with Crippen LogP contribution in [0, 0.1) is 6.92 Å². The quantitative estimate of drug-likeness (QED) is 0.853. The highest BCUT2D eigenvalue weighted by Gasteiger charge is 2.29. The van der Waals surface area contributed by atoms with Crippen LogP contribution in [0.3, 0.4) is 0 Å². The van der Waals surface area contributed by atoms with E-state index in [4.69, 9.17) is 5.11 Å². The molecule has 1 aliphatic rings. The van der Waals surface area contributed by atoms with Crippen molar-refractivity contribution in [1.82, 2.24) is 10.2 Å². The number of hydrogen-bond acceptors (Lipinski definition) is 4. The van der Waals surface area contributed by atoms with Gasteiger partial charge in [-0.3, -0.25) is 14.5 Å². The van der Waals surface area contributed by atoms with E-state index in [1.54, 1.807) is 16.7 Å². The monoisotopic (exact) mass is 308 g/mol. The van der Waals surface area contributed by atoms with Crippen molar-refractivity contribution in [1.29, 1.82) is 0 Å². The van der Waals surface area contributed by atoms with Crippen molar-refractivity contribution < 1.29 is 14.7 Å². The number of aryl methyl sites for hydroxylation is 1. The molecule has 1 saturated heterocycles. The van der Waals surface area contributed by atoms with E-state index in [1.807, 2.05) is 31.2 Å². The number of carboxylic acids is 1. The van der Waals surface area contributed by atoms with E-state index >= 15 is 0 Å². The lowest BCUT2D eigenvalue weighted by Gasteiger charge is -2.31. The summed E-state index contributed by atoms with van der Waals surface area (Å²) < 4.78 is 0. The highest BCUT2D eigenvalue weighted by atomic mass is 32.2. The van der Waals surface area contributed by atoms with E-state index in [0.717, 1.165) is 11.3 Å². The van der Waals surface area contributed by atoms with Crippen molar-refractivity contribution in [2.45, 2.75) is 19.5 Å². The maximum Gasteiger partial charge on any atom is 0.321 e. The minimum absolute atomic E-state index is 0.131. The van der Waals surface area contributed by atoms with Gasteiger partial charge >= 0.3 is 5.97 Å². The molecule has 1 amide bonds. The zero-order valence-electron chi connectivity index (χ0n) is 12.0. The summed E-state index contributed by atoms with van der Waals surface area (Å²) in [6, 6.07) is 7.41. The van der Waals surface area contributed by atoms with Crippen molar-refractivity contribution in [3.8, 4) is 0 Å². The topological polar surface area (TPSA) is 69.6 Å². The molecule has 0 bridgehead atoms. The fourth-order valence-electron chi connectivity index (χ4n) is 2.20. The van der Waals surface area contributed by atoms with Gasteiger partial charge in [0.25, 0.3) is 0 Å². The van der Waals surface area contributed by atoms with Gasteiger partial charge in [0.1, 0.15) is 6.04 Å². The number of carbonyl (C=O) groups excluding carboxylic acids is 1. The molecule has 1 fully saturated rings. The standard InChI is InChI=1S/C15H20N2O3S/c1-11-2-4-12(5-3-11)8-16-14(18)9-17-6-7-21-10-13(17)15(19)20/h2-5,13H,6-10H2,1H3,(H,16,18)(H,19,20). The fourth-order valence-corrected chi connectivity index (χ4v) is 3.31. The maximum atomic E-state index is 12.0. The molecular formula is C15H20N2O3S. The largest absolute Gasteiger partial charge is 0.480 e. The lowest BCUT2D eigenvalue weighted by atomic mass is 10.1. The third kappa shape index (κ3) is 4.75. The molecule has 1 atom stereocenters. The summed E-state index contributed by atoms with van der Waals surface area (Å²) >= 11 is 1.62. The molecule has 0 aliphatic carbocycles. The average molecular weight is 308 g/mol. The second kappa shape index (κ2) is 7.47. The smallest absolute Gasteiger partial charge is 0.321 e. The minimum atomic E-state index is -0.853. The lowest BCUT2D eigenvalue weighted by molar-refractivity contribution is -0.143. The van der Waals surface area contributed by atoms with E-state index < -0.39 is 12.0 Å². The van der Waals surface area contributed by atoms with Gasteiger partial charge in [-0.1, -0.05) is 29.8 Å². The van der Waals surface area contributed by atoms with Crippen LogP contribution in [-0.2, 0) is 16.1 Å². The molecular weight excluding hydrogens is 288 g/mol. The third-order valence-electron chi connectivity index (χ3n) is 3.48. The predicted molar refractivity (Wildman–Crippen MR) is 83.3 cm³/mol. The van der Waals surface area contributed by atoms with Crippen LogP contribution in [0.5, 0.6) is 0 Å². The van der Waals surface area contributed by atoms with Crippen molar-refractivity contribution in [3.63, 3.8) is 0 Å². The Hall–Kier alpha value is -1.53. The molecule has 2 rings (SSSR count). The van der Waals surface area contributed by atoms with Crippen molar-refractivity contribution in [3.05, 3.63) is 35.4 Å². The molecule has 0 spiro atoms. The number of aliphatic carboxylic acids is 1. The number of thioether (sulfide) groups is 1. The lowest BCUT2D eigenvalue weighted by Crippen LogP contribution is -2.50. The maximum absolute atomic E-state index is 12.0. The summed E-state index contributed by atoms with van der Waals surface area (Å²) in [6.45, 7) is 3.27. The molecule has 0 aromatic heterocycles. The summed E-state index contributed by atoms with van der Waals surface area (Å²) in [7, 11) is 0. The van der Waals surface area contributed by atoms with Crippen LogP contribution in [0.25, 0.3) is 0 Å². The van der Waals surface area contributed by atoms with E-state index in [0.29, 0.717) is 18.8 Å². The molecule has 2 N–H and O–H groups in total. The third-order valence-corrected chi connectivity index (χ3v) is 4.50. The van der Waals surface area contributed by atoms with Crippen molar-refractivity contribution in [2.75, 3.05) is 24.6 Å². The summed E-state index contributed by atoms with van der Waals surface area (Å²) in [5.41, 5.74) is 2.22. The molecule has 21 heavy (non-hydrogen) atoms. The van der Waals surface area contributed by atoms with Gasteiger partial charge in [-0.25, -0.2) is 0 Å². The normalized spacial score (nSPS) is 19.2. The van der Waals surface area contributed by atoms with Gasteiger partial charge in [-0.2, -0.15) is 11.8 Å². The van der Waals surface area contributed by atoms with Crippen molar-refractivity contribution in [2.24, 2.45) is 0 Å². The average Bonchev–Trinajstić information content (AvgIpc) is 2.47. The number of nitrogens with one attached hydrogen (secondary N) is 1. The molecule has 114 valence electrons. The number of nitrogens with zero attached hydrogens (tertiary/aromatic N) is 1. The molecule has 1 unspecified atom stereocenters. The molecule has 1 aliphatic heterocycles. The van der Waals surface area contributed by atoms with Gasteiger partial charge in [-0.15, -0.1) is 0 Å². The van der Waals surface area contributed by atoms with Gasteiger partial charge < -0.3 is 10.4 Å². The van der Waals surface area contributed by atoms with Gasteiger partial charge in [-0.05, 0) is 12.5 Å². The number of rotatable bonds is 5. The molecule has 0 radical (unpaired) electrons. The van der Waals surface area contributed by atoms with Crippen LogP contribution < -0.4 is 5.32 Å². The van der Waals surface area contributed by atoms with E-state index in [-0.39, 0.29) is 12.5 Å². The highest BCUT2D eigenvalue weighted by molar-refractivity contribution is 7.99. The number of carboxylic acid groups (broad SMARTS) is 1. The van der Waals surface area contributed by atoms with Crippen LogP contribution in [-0.4, -0.2) is 52.5 Å². The Morgan fingerprint density at radius 1 is 1.38 bits per heavy atom. The van der Waals surface area contributed by atoms with Gasteiger partial charge in [0.05, 0.1) is 6.54 Å². The first-order chi connectivity index (χ1) is 10.1. The predicted octanol–water partition coefficient (Wildman–Crippen LogP) is 1.11. The molecule has 6 heteroatoms. The zero-order valence-corrected chi connectivity index (χ0v) is 12.9. The van der Waals surface area contributed by atoms with Crippen LogP contribution in [0.4, 0.5) is 0 Å². The number of amides is 1. The first-order valence-electron chi connectivity index (χ1n) is 6.93. The SMILES string of the molecule is Cc1ccc(CNC(=O)CN2CCSCC2C(=O)O)cc1. The van der Waals surface area contributed by atoms with Crippen LogP contribution in [0.1, 0.15) is 11.1 Å². The Morgan fingerprint density at radius 2 is 2.10 bits per heavy atom.